The van der Waals surface area contributed by atoms with Gasteiger partial charge in [-0.25, -0.2) is 13.2 Å². The second-order valence-corrected chi connectivity index (χ2v) is 9.15. The van der Waals surface area contributed by atoms with Crippen molar-refractivity contribution in [1.82, 2.24) is 4.90 Å². The van der Waals surface area contributed by atoms with Crippen LogP contribution >= 0.6 is 0 Å². The van der Waals surface area contributed by atoms with Crippen LogP contribution in [0.2, 0.25) is 0 Å². The average molecular weight is 385 g/mol. The van der Waals surface area contributed by atoms with Crippen LogP contribution in [-0.2, 0) is 14.6 Å². The molecule has 0 N–H and O–H groups in total. The first-order chi connectivity index (χ1) is 11.9. The predicted octanol–water partition coefficient (Wildman–Crippen LogP) is 2.06. The zero-order chi connectivity index (χ0) is 19.7. The molecule has 1 fully saturated rings. The van der Waals surface area contributed by atoms with Crippen LogP contribution < -0.4 is 4.90 Å². The third kappa shape index (κ3) is 4.84. The van der Waals surface area contributed by atoms with Crippen molar-refractivity contribution in [1.29, 1.82) is 0 Å². The molecule has 0 aromatic heterocycles. The van der Waals surface area contributed by atoms with Crippen molar-refractivity contribution in [2.45, 2.75) is 31.3 Å². The Morgan fingerprint density at radius 1 is 1.19 bits per heavy atom. The van der Waals surface area contributed by atoms with E-state index >= 15 is 0 Å². The third-order valence-corrected chi connectivity index (χ3v) is 4.95. The molecule has 0 unspecified atom stereocenters. The molecular weight excluding hydrogens is 362 g/mol. The van der Waals surface area contributed by atoms with Gasteiger partial charge in [0.05, 0.1) is 9.82 Å². The summed E-state index contributed by atoms with van der Waals surface area (Å²) < 4.78 is 28.6. The number of sulfone groups is 1. The van der Waals surface area contributed by atoms with E-state index in [-0.39, 0.29) is 10.6 Å². The fraction of sp³-hybridized carbons (Fsp3) is 0.562. The highest BCUT2D eigenvalue weighted by molar-refractivity contribution is 7.90. The van der Waals surface area contributed by atoms with Crippen molar-refractivity contribution in [3.63, 3.8) is 0 Å². The summed E-state index contributed by atoms with van der Waals surface area (Å²) in [4.78, 5) is 26.1. The molecular formula is C16H23N3O6S. The van der Waals surface area contributed by atoms with Crippen molar-refractivity contribution >= 4 is 27.3 Å². The van der Waals surface area contributed by atoms with E-state index in [1.54, 1.807) is 30.6 Å². The second-order valence-electron chi connectivity index (χ2n) is 7.13. The fourth-order valence-corrected chi connectivity index (χ4v) is 3.24. The van der Waals surface area contributed by atoms with E-state index in [2.05, 4.69) is 0 Å². The van der Waals surface area contributed by atoms with Crippen LogP contribution in [0.25, 0.3) is 0 Å². The molecule has 26 heavy (non-hydrogen) atoms. The summed E-state index contributed by atoms with van der Waals surface area (Å²) in [5.41, 5.74) is -0.515. The Balaban J connectivity index is 2.16. The molecule has 2 rings (SSSR count). The van der Waals surface area contributed by atoms with Gasteiger partial charge in [-0.15, -0.1) is 0 Å². The number of ether oxygens (including phenoxy) is 1. The molecule has 0 saturated carbocycles. The van der Waals surface area contributed by atoms with E-state index in [0.717, 1.165) is 12.3 Å². The van der Waals surface area contributed by atoms with Crippen LogP contribution in [0, 0.1) is 10.1 Å². The largest absolute Gasteiger partial charge is 0.444 e. The monoisotopic (exact) mass is 385 g/mol. The topological polar surface area (TPSA) is 110 Å². The van der Waals surface area contributed by atoms with Gasteiger partial charge in [0.15, 0.2) is 9.84 Å². The number of nitro benzene ring substituents is 1. The van der Waals surface area contributed by atoms with Gasteiger partial charge in [0.1, 0.15) is 11.3 Å². The summed E-state index contributed by atoms with van der Waals surface area (Å²) in [5.74, 6) is 0. The van der Waals surface area contributed by atoms with E-state index in [1.807, 2.05) is 0 Å². The number of hydrogen-bond acceptors (Lipinski definition) is 7. The lowest BCUT2D eigenvalue weighted by Crippen LogP contribution is -2.50. The van der Waals surface area contributed by atoms with E-state index < -0.39 is 26.5 Å². The van der Waals surface area contributed by atoms with Gasteiger partial charge in [-0.2, -0.15) is 0 Å². The first-order valence-electron chi connectivity index (χ1n) is 8.10. The molecule has 0 spiro atoms. The van der Waals surface area contributed by atoms with Crippen LogP contribution in [0.3, 0.4) is 0 Å². The summed E-state index contributed by atoms with van der Waals surface area (Å²) >= 11 is 0. The summed E-state index contributed by atoms with van der Waals surface area (Å²) in [6.45, 7) is 6.85. The third-order valence-electron chi connectivity index (χ3n) is 3.84. The molecule has 144 valence electrons. The zero-order valence-electron chi connectivity index (χ0n) is 15.3. The SMILES string of the molecule is CC(C)(C)OC(=O)N1CCN(c2ccc(S(C)(=O)=O)cc2[N+](=O)[O-])CC1. The standard InChI is InChI=1S/C16H23N3O6S/c1-16(2,3)25-15(20)18-9-7-17(8-10-18)13-6-5-12(26(4,23)24)11-14(13)19(21)22/h5-6,11H,7-10H2,1-4H3. The van der Waals surface area contributed by atoms with E-state index in [0.29, 0.717) is 31.9 Å². The van der Waals surface area contributed by atoms with Gasteiger partial charge in [0, 0.05) is 38.5 Å². The normalized spacial score (nSPS) is 15.7. The molecule has 1 amide bonds. The van der Waals surface area contributed by atoms with Gasteiger partial charge >= 0.3 is 6.09 Å². The van der Waals surface area contributed by atoms with E-state index in [4.69, 9.17) is 4.74 Å². The molecule has 1 aromatic carbocycles. The van der Waals surface area contributed by atoms with E-state index in [9.17, 15) is 23.3 Å². The summed E-state index contributed by atoms with van der Waals surface area (Å²) in [7, 11) is -3.54. The molecule has 0 bridgehead atoms. The molecule has 1 aliphatic heterocycles. The first-order valence-corrected chi connectivity index (χ1v) is 9.99. The second kappa shape index (κ2) is 7.10. The first kappa shape index (κ1) is 20.0. The molecule has 9 nitrogen and oxygen atoms in total. The maximum atomic E-state index is 12.1. The van der Waals surface area contributed by atoms with Gasteiger partial charge in [-0.05, 0) is 32.9 Å². The molecule has 0 radical (unpaired) electrons. The Hall–Kier alpha value is -2.36. The van der Waals surface area contributed by atoms with Crippen LogP contribution in [0.1, 0.15) is 20.8 Å². The highest BCUT2D eigenvalue weighted by atomic mass is 32.2. The van der Waals surface area contributed by atoms with Crippen LogP contribution in [0.15, 0.2) is 23.1 Å². The molecule has 1 saturated heterocycles. The van der Waals surface area contributed by atoms with Crippen molar-refractivity contribution in [3.05, 3.63) is 28.3 Å². The number of amides is 1. The highest BCUT2D eigenvalue weighted by Gasteiger charge is 2.29. The van der Waals surface area contributed by atoms with Gasteiger partial charge in [-0.3, -0.25) is 10.1 Å². The number of carbonyl (C=O) groups excluding carboxylic acids is 1. The molecule has 10 heteroatoms. The Bertz CT molecular complexity index is 808. The Morgan fingerprint density at radius 2 is 1.77 bits per heavy atom. The van der Waals surface area contributed by atoms with Gasteiger partial charge < -0.3 is 14.5 Å². The number of benzene rings is 1. The number of carbonyl (C=O) groups is 1. The predicted molar refractivity (Wildman–Crippen MR) is 96.2 cm³/mol. The molecule has 1 aliphatic rings. The Labute approximate surface area is 152 Å². The molecule has 1 heterocycles. The van der Waals surface area contributed by atoms with Crippen molar-refractivity contribution in [2.75, 3.05) is 37.3 Å². The van der Waals surface area contributed by atoms with Gasteiger partial charge in [0.25, 0.3) is 5.69 Å². The van der Waals surface area contributed by atoms with Gasteiger partial charge in [-0.1, -0.05) is 0 Å². The quantitative estimate of drug-likeness (QED) is 0.578. The Morgan fingerprint density at radius 3 is 2.23 bits per heavy atom. The van der Waals surface area contributed by atoms with E-state index in [1.165, 1.54) is 12.1 Å². The molecule has 1 aromatic rings. The zero-order valence-corrected chi connectivity index (χ0v) is 16.1. The number of nitro groups is 1. The van der Waals surface area contributed by atoms with Crippen LogP contribution in [-0.4, -0.2) is 62.4 Å². The average Bonchev–Trinajstić information content (AvgIpc) is 2.52. The molecule has 0 aliphatic carbocycles. The minimum Gasteiger partial charge on any atom is -0.444 e. The van der Waals surface area contributed by atoms with Crippen LogP contribution in [0.4, 0.5) is 16.2 Å². The molecule has 0 atom stereocenters. The number of anilines is 1. The lowest BCUT2D eigenvalue weighted by atomic mass is 10.2. The maximum Gasteiger partial charge on any atom is 0.410 e. The fourth-order valence-electron chi connectivity index (χ4n) is 2.60. The van der Waals surface area contributed by atoms with Crippen molar-refractivity contribution in [3.8, 4) is 0 Å². The lowest BCUT2D eigenvalue weighted by molar-refractivity contribution is -0.384. The Kier molecular flexibility index (Phi) is 5.45. The van der Waals surface area contributed by atoms with Crippen LogP contribution in [0.5, 0.6) is 0 Å². The minimum absolute atomic E-state index is 0.0969. The maximum absolute atomic E-state index is 12.1. The van der Waals surface area contributed by atoms with Crippen molar-refractivity contribution < 1.29 is 22.9 Å². The van der Waals surface area contributed by atoms with Gasteiger partial charge in [0.2, 0.25) is 0 Å². The van der Waals surface area contributed by atoms with Crippen molar-refractivity contribution in [2.24, 2.45) is 0 Å². The number of piperazine rings is 1. The number of nitrogens with zero attached hydrogens (tertiary/aromatic N) is 3. The highest BCUT2D eigenvalue weighted by Crippen LogP contribution is 2.31. The number of hydrogen-bond donors (Lipinski definition) is 0. The smallest absolute Gasteiger partial charge is 0.410 e. The summed E-state index contributed by atoms with van der Waals surface area (Å²) in [5, 5.41) is 11.4. The number of rotatable bonds is 3. The minimum atomic E-state index is -3.54. The lowest BCUT2D eigenvalue weighted by Gasteiger charge is -2.36. The summed E-state index contributed by atoms with van der Waals surface area (Å²) in [6, 6.07) is 3.88. The summed E-state index contributed by atoms with van der Waals surface area (Å²) in [6.07, 6.45) is 0.588.